The van der Waals surface area contributed by atoms with Gasteiger partial charge in [0.15, 0.2) is 6.20 Å². The van der Waals surface area contributed by atoms with Gasteiger partial charge in [-0.3, -0.25) is 0 Å². The van der Waals surface area contributed by atoms with Crippen LogP contribution < -0.4 is 4.40 Å². The molecule has 0 aliphatic carbocycles. The Bertz CT molecular complexity index is 748. The van der Waals surface area contributed by atoms with Crippen LogP contribution in [-0.2, 0) is 4.74 Å². The van der Waals surface area contributed by atoms with Gasteiger partial charge < -0.3 is 9.15 Å². The average molecular weight is 268 g/mol. The molecule has 0 aromatic carbocycles. The first-order chi connectivity index (χ1) is 9.81. The maximum atomic E-state index is 12.0. The van der Waals surface area contributed by atoms with Crippen molar-refractivity contribution in [2.75, 3.05) is 6.61 Å². The summed E-state index contributed by atoms with van der Waals surface area (Å²) in [5.41, 5.74) is 3.29. The second-order valence-electron chi connectivity index (χ2n) is 4.32. The maximum absolute atomic E-state index is 12.0. The Morgan fingerprint density at radius 3 is 2.90 bits per heavy atom. The van der Waals surface area contributed by atoms with Gasteiger partial charge in [0.05, 0.1) is 18.4 Å². The largest absolute Gasteiger partial charge is 0.472 e. The monoisotopic (exact) mass is 268 g/mol. The predicted molar refractivity (Wildman–Crippen MR) is 73.3 cm³/mol. The summed E-state index contributed by atoms with van der Waals surface area (Å²) >= 11 is 0. The molecule has 3 aromatic rings. The molecule has 0 amide bonds. The standard InChI is InChI=1S/C16H14NO3/c1-2-20-16(18)13-6-7-14(12-8-10-19-11-12)17-9-4-3-5-15(13)17/h3-11H,2H2,1H3/q+1. The minimum Gasteiger partial charge on any atom is -0.472 e. The van der Waals surface area contributed by atoms with Gasteiger partial charge >= 0.3 is 5.97 Å². The molecule has 0 aliphatic rings. The predicted octanol–water partition coefficient (Wildman–Crippen LogP) is 2.86. The van der Waals surface area contributed by atoms with Gasteiger partial charge in [-0.1, -0.05) is 0 Å². The van der Waals surface area contributed by atoms with E-state index in [9.17, 15) is 4.79 Å². The molecule has 20 heavy (non-hydrogen) atoms. The molecule has 3 heterocycles. The molecule has 3 aromatic heterocycles. The highest BCUT2D eigenvalue weighted by molar-refractivity contribution is 5.96. The van der Waals surface area contributed by atoms with Gasteiger partial charge in [0.2, 0.25) is 11.2 Å². The molecule has 0 spiro atoms. The Hall–Kier alpha value is -2.62. The average Bonchev–Trinajstić information content (AvgIpc) is 3.00. The number of fused-ring (bicyclic) bond motifs is 1. The van der Waals surface area contributed by atoms with Gasteiger partial charge in [-0.2, -0.15) is 4.40 Å². The van der Waals surface area contributed by atoms with E-state index in [-0.39, 0.29) is 5.97 Å². The Labute approximate surface area is 116 Å². The zero-order chi connectivity index (χ0) is 13.9. The first-order valence-electron chi connectivity index (χ1n) is 6.44. The summed E-state index contributed by atoms with van der Waals surface area (Å²) < 4.78 is 12.2. The molecular weight excluding hydrogens is 254 g/mol. The van der Waals surface area contributed by atoms with Crippen molar-refractivity contribution < 1.29 is 18.3 Å². The van der Waals surface area contributed by atoms with Gasteiger partial charge in [-0.15, -0.1) is 0 Å². The Balaban J connectivity index is 2.23. The number of aromatic nitrogens is 1. The van der Waals surface area contributed by atoms with Gasteiger partial charge in [0.25, 0.3) is 0 Å². The number of esters is 1. The normalized spacial score (nSPS) is 10.7. The van der Waals surface area contributed by atoms with Crippen LogP contribution in [0.5, 0.6) is 0 Å². The van der Waals surface area contributed by atoms with E-state index >= 15 is 0 Å². The Morgan fingerprint density at radius 2 is 2.15 bits per heavy atom. The lowest BCUT2D eigenvalue weighted by Gasteiger charge is -2.03. The Kier molecular flexibility index (Phi) is 3.21. The minimum absolute atomic E-state index is 0.310. The fourth-order valence-electron chi connectivity index (χ4n) is 2.23. The van der Waals surface area contributed by atoms with Crippen molar-refractivity contribution in [1.29, 1.82) is 0 Å². The fraction of sp³-hybridized carbons (Fsp3) is 0.125. The maximum Gasteiger partial charge on any atom is 0.344 e. The van der Waals surface area contributed by atoms with Crippen LogP contribution in [0.25, 0.3) is 16.8 Å². The van der Waals surface area contributed by atoms with Crippen molar-refractivity contribution in [1.82, 2.24) is 0 Å². The SMILES string of the molecule is CCOC(=O)c1ccc(-c2ccoc2)[n+]2ccccc12. The number of carbonyl (C=O) groups is 1. The smallest absolute Gasteiger partial charge is 0.344 e. The molecule has 0 radical (unpaired) electrons. The highest BCUT2D eigenvalue weighted by Gasteiger charge is 2.21. The van der Waals surface area contributed by atoms with E-state index in [1.165, 1.54) is 0 Å². The van der Waals surface area contributed by atoms with Crippen molar-refractivity contribution >= 4 is 11.5 Å². The van der Waals surface area contributed by atoms with E-state index in [1.807, 2.05) is 40.9 Å². The van der Waals surface area contributed by atoms with Crippen LogP contribution in [0.4, 0.5) is 0 Å². The summed E-state index contributed by atoms with van der Waals surface area (Å²) in [6, 6.07) is 11.3. The van der Waals surface area contributed by atoms with Crippen molar-refractivity contribution in [2.45, 2.75) is 6.92 Å². The highest BCUT2D eigenvalue weighted by atomic mass is 16.5. The lowest BCUT2D eigenvalue weighted by atomic mass is 10.1. The first kappa shape index (κ1) is 12.4. The van der Waals surface area contributed by atoms with Crippen molar-refractivity contribution in [3.8, 4) is 11.3 Å². The van der Waals surface area contributed by atoms with E-state index in [4.69, 9.17) is 9.15 Å². The van der Waals surface area contributed by atoms with Gasteiger partial charge in [-0.25, -0.2) is 4.79 Å². The second-order valence-corrected chi connectivity index (χ2v) is 4.32. The van der Waals surface area contributed by atoms with Crippen LogP contribution >= 0.6 is 0 Å². The summed E-state index contributed by atoms with van der Waals surface area (Å²) in [5.74, 6) is -0.310. The van der Waals surface area contributed by atoms with Crippen LogP contribution in [0.2, 0.25) is 0 Å². The number of rotatable bonds is 3. The van der Waals surface area contributed by atoms with Gasteiger partial charge in [0, 0.05) is 18.2 Å². The molecule has 0 saturated heterocycles. The molecule has 4 nitrogen and oxygen atoms in total. The van der Waals surface area contributed by atoms with Gasteiger partial charge in [0.1, 0.15) is 11.8 Å². The van der Waals surface area contributed by atoms with Crippen molar-refractivity contribution in [2.24, 2.45) is 0 Å². The first-order valence-corrected chi connectivity index (χ1v) is 6.44. The highest BCUT2D eigenvalue weighted by Crippen LogP contribution is 2.19. The zero-order valence-corrected chi connectivity index (χ0v) is 11.1. The summed E-state index contributed by atoms with van der Waals surface area (Å²) in [6.45, 7) is 2.16. The van der Waals surface area contributed by atoms with Gasteiger partial charge in [-0.05, 0) is 25.1 Å². The van der Waals surface area contributed by atoms with E-state index in [1.54, 1.807) is 25.5 Å². The molecule has 0 aliphatic heterocycles. The molecule has 0 fully saturated rings. The third-order valence-corrected chi connectivity index (χ3v) is 3.12. The fourth-order valence-corrected chi connectivity index (χ4v) is 2.23. The van der Waals surface area contributed by atoms with Crippen LogP contribution in [-0.4, -0.2) is 12.6 Å². The molecule has 100 valence electrons. The van der Waals surface area contributed by atoms with E-state index < -0.39 is 0 Å². The second kappa shape index (κ2) is 5.17. The quantitative estimate of drug-likeness (QED) is 0.542. The summed E-state index contributed by atoms with van der Waals surface area (Å²) in [7, 11) is 0. The van der Waals surface area contributed by atoms with E-state index in [2.05, 4.69) is 0 Å². The van der Waals surface area contributed by atoms with Crippen molar-refractivity contribution in [3.05, 3.63) is 60.7 Å². The number of furan rings is 1. The lowest BCUT2D eigenvalue weighted by molar-refractivity contribution is -0.499. The molecule has 0 bridgehead atoms. The van der Waals surface area contributed by atoms with E-state index in [0.29, 0.717) is 12.2 Å². The number of ether oxygens (including phenoxy) is 1. The van der Waals surface area contributed by atoms with Crippen LogP contribution in [0.15, 0.2) is 59.5 Å². The summed E-state index contributed by atoms with van der Waals surface area (Å²) in [5, 5.41) is 0. The van der Waals surface area contributed by atoms with E-state index in [0.717, 1.165) is 16.8 Å². The van der Waals surface area contributed by atoms with Crippen LogP contribution in [0.1, 0.15) is 17.3 Å². The third-order valence-electron chi connectivity index (χ3n) is 3.12. The number of hydrogen-bond donors (Lipinski definition) is 0. The molecule has 0 atom stereocenters. The summed E-state index contributed by atoms with van der Waals surface area (Å²) in [6.07, 6.45) is 5.23. The molecule has 0 saturated carbocycles. The molecule has 3 rings (SSSR count). The lowest BCUT2D eigenvalue weighted by Crippen LogP contribution is -2.27. The topological polar surface area (TPSA) is 43.5 Å². The third kappa shape index (κ3) is 2.05. The number of nitrogens with zero attached hydrogens (tertiary/aromatic N) is 1. The number of pyridine rings is 2. The summed E-state index contributed by atoms with van der Waals surface area (Å²) in [4.78, 5) is 12.0. The van der Waals surface area contributed by atoms with Crippen LogP contribution in [0.3, 0.4) is 0 Å². The molecular formula is C16H14NO3+. The molecule has 4 heteroatoms. The zero-order valence-electron chi connectivity index (χ0n) is 11.1. The minimum atomic E-state index is -0.310. The number of hydrogen-bond acceptors (Lipinski definition) is 3. The van der Waals surface area contributed by atoms with Crippen LogP contribution in [0, 0.1) is 0 Å². The molecule has 0 N–H and O–H groups in total. The van der Waals surface area contributed by atoms with Crippen molar-refractivity contribution in [3.63, 3.8) is 0 Å². The molecule has 0 unspecified atom stereocenters. The number of carbonyl (C=O) groups excluding carboxylic acids is 1. The Morgan fingerprint density at radius 1 is 1.25 bits per heavy atom.